The first kappa shape index (κ1) is 12.6. The van der Waals surface area contributed by atoms with Gasteiger partial charge in [-0.15, -0.1) is 0 Å². The summed E-state index contributed by atoms with van der Waals surface area (Å²) >= 11 is 12.1. The lowest BCUT2D eigenvalue weighted by Gasteiger charge is -2.28. The molecule has 0 saturated carbocycles. The monoisotopic (exact) mass is 293 g/mol. The van der Waals surface area contributed by atoms with E-state index in [0.717, 1.165) is 17.1 Å². The van der Waals surface area contributed by atoms with Crippen molar-refractivity contribution in [3.63, 3.8) is 0 Å². The second kappa shape index (κ2) is 4.58. The minimum Gasteiger partial charge on any atom is -0.344 e. The van der Waals surface area contributed by atoms with E-state index in [2.05, 4.69) is 24.3 Å². The van der Waals surface area contributed by atoms with Crippen molar-refractivity contribution in [3.8, 4) is 0 Å². The third-order valence-corrected chi connectivity index (χ3v) is 4.23. The molecule has 2 heterocycles. The van der Waals surface area contributed by atoms with E-state index in [4.69, 9.17) is 23.2 Å². The summed E-state index contributed by atoms with van der Waals surface area (Å²) in [6, 6.07) is 7.74. The minimum absolute atomic E-state index is 0.0565. The molecular formula is C14H13Cl2N3. The van der Waals surface area contributed by atoms with Gasteiger partial charge in [0.25, 0.3) is 0 Å². The van der Waals surface area contributed by atoms with Gasteiger partial charge >= 0.3 is 0 Å². The molecule has 0 bridgehead atoms. The minimum atomic E-state index is 0.0565. The van der Waals surface area contributed by atoms with Crippen molar-refractivity contribution in [2.75, 3.05) is 5.32 Å². The molecule has 0 fully saturated rings. The summed E-state index contributed by atoms with van der Waals surface area (Å²) in [4.78, 5) is 0. The number of anilines is 1. The summed E-state index contributed by atoms with van der Waals surface area (Å²) in [6.07, 6.45) is 1.79. The lowest BCUT2D eigenvalue weighted by atomic mass is 9.97. The van der Waals surface area contributed by atoms with E-state index in [0.29, 0.717) is 10.0 Å². The van der Waals surface area contributed by atoms with Crippen LogP contribution in [0.1, 0.15) is 25.5 Å². The number of fused-ring (bicyclic) bond motifs is 1. The van der Waals surface area contributed by atoms with Crippen molar-refractivity contribution in [1.82, 2.24) is 9.78 Å². The van der Waals surface area contributed by atoms with Gasteiger partial charge in [0.15, 0.2) is 0 Å². The van der Waals surface area contributed by atoms with E-state index >= 15 is 0 Å². The summed E-state index contributed by atoms with van der Waals surface area (Å²) in [5.41, 5.74) is 3.44. The van der Waals surface area contributed by atoms with Crippen molar-refractivity contribution in [2.24, 2.45) is 0 Å². The standard InChI is InChI=1S/C14H13Cl2N3/c1-8-9(2)18-13-5-6-17-19(13)14(8)10-3-4-11(15)12(16)7-10/h3-7,14,18H,1-2H3. The molecule has 1 aliphatic rings. The Morgan fingerprint density at radius 2 is 1.95 bits per heavy atom. The fourth-order valence-corrected chi connectivity index (χ4v) is 2.68. The van der Waals surface area contributed by atoms with Gasteiger partial charge in [0, 0.05) is 11.8 Å². The van der Waals surface area contributed by atoms with Crippen molar-refractivity contribution in [1.29, 1.82) is 0 Å². The lowest BCUT2D eigenvalue weighted by molar-refractivity contribution is 0.576. The fraction of sp³-hybridized carbons (Fsp3) is 0.214. The first-order valence-electron chi connectivity index (χ1n) is 6.01. The predicted molar refractivity (Wildman–Crippen MR) is 78.8 cm³/mol. The maximum absolute atomic E-state index is 6.12. The number of allylic oxidation sites excluding steroid dienone is 2. The molecule has 3 rings (SSSR count). The molecule has 0 radical (unpaired) electrons. The molecule has 0 aliphatic carbocycles. The highest BCUT2D eigenvalue weighted by Gasteiger charge is 2.25. The van der Waals surface area contributed by atoms with Crippen LogP contribution in [0.3, 0.4) is 0 Å². The maximum atomic E-state index is 6.12. The molecule has 0 amide bonds. The Labute approximate surface area is 121 Å². The van der Waals surface area contributed by atoms with Crippen LogP contribution in [0, 0.1) is 0 Å². The fourth-order valence-electron chi connectivity index (χ4n) is 2.37. The number of nitrogens with zero attached hydrogens (tertiary/aromatic N) is 2. The highest BCUT2D eigenvalue weighted by atomic mass is 35.5. The van der Waals surface area contributed by atoms with Crippen molar-refractivity contribution < 1.29 is 0 Å². The number of rotatable bonds is 1. The van der Waals surface area contributed by atoms with E-state index in [1.807, 2.05) is 28.9 Å². The second-order valence-electron chi connectivity index (χ2n) is 4.67. The molecule has 2 aromatic rings. The third kappa shape index (κ3) is 2.03. The first-order valence-corrected chi connectivity index (χ1v) is 6.76. The van der Waals surface area contributed by atoms with E-state index in [1.54, 1.807) is 6.20 Å². The summed E-state index contributed by atoms with van der Waals surface area (Å²) < 4.78 is 1.96. The van der Waals surface area contributed by atoms with Crippen molar-refractivity contribution in [3.05, 3.63) is 57.3 Å². The Balaban J connectivity index is 2.16. The van der Waals surface area contributed by atoms with Gasteiger partial charge in [-0.3, -0.25) is 0 Å². The van der Waals surface area contributed by atoms with E-state index in [1.165, 1.54) is 5.57 Å². The summed E-state index contributed by atoms with van der Waals surface area (Å²) in [5.74, 6) is 0.985. The molecule has 1 atom stereocenters. The largest absolute Gasteiger partial charge is 0.344 e. The molecule has 1 unspecified atom stereocenters. The number of nitrogens with one attached hydrogen (secondary N) is 1. The third-order valence-electron chi connectivity index (χ3n) is 3.49. The van der Waals surface area contributed by atoms with E-state index in [-0.39, 0.29) is 6.04 Å². The number of hydrogen-bond acceptors (Lipinski definition) is 2. The first-order chi connectivity index (χ1) is 9.08. The number of benzene rings is 1. The number of hydrogen-bond donors (Lipinski definition) is 1. The van der Waals surface area contributed by atoms with Gasteiger partial charge in [-0.1, -0.05) is 29.3 Å². The Hall–Kier alpha value is -1.45. The van der Waals surface area contributed by atoms with Gasteiger partial charge in [0.1, 0.15) is 11.9 Å². The number of aromatic nitrogens is 2. The zero-order valence-electron chi connectivity index (χ0n) is 10.6. The zero-order valence-corrected chi connectivity index (χ0v) is 12.1. The average Bonchev–Trinajstić information content (AvgIpc) is 2.82. The molecule has 1 aliphatic heterocycles. The molecule has 1 N–H and O–H groups in total. The van der Waals surface area contributed by atoms with Gasteiger partial charge < -0.3 is 5.32 Å². The van der Waals surface area contributed by atoms with Crippen LogP contribution in [0.15, 0.2) is 41.7 Å². The normalized spacial score (nSPS) is 18.2. The van der Waals surface area contributed by atoms with Crippen LogP contribution in [0.2, 0.25) is 10.0 Å². The maximum Gasteiger partial charge on any atom is 0.129 e. The molecule has 98 valence electrons. The van der Waals surface area contributed by atoms with E-state index in [9.17, 15) is 0 Å². The SMILES string of the molecule is CC1=C(C)C(c2ccc(Cl)c(Cl)c2)n2nccc2N1. The molecule has 1 aromatic carbocycles. The quantitative estimate of drug-likeness (QED) is 0.839. The molecule has 19 heavy (non-hydrogen) atoms. The Morgan fingerprint density at radius 1 is 1.16 bits per heavy atom. The smallest absolute Gasteiger partial charge is 0.129 e. The van der Waals surface area contributed by atoms with Crippen LogP contribution in [0.4, 0.5) is 5.82 Å². The van der Waals surface area contributed by atoms with Crippen molar-refractivity contribution in [2.45, 2.75) is 19.9 Å². The summed E-state index contributed by atoms with van der Waals surface area (Å²) in [5, 5.41) is 8.87. The molecule has 0 saturated heterocycles. The van der Waals surface area contributed by atoms with Crippen LogP contribution in [-0.4, -0.2) is 9.78 Å². The lowest BCUT2D eigenvalue weighted by Crippen LogP contribution is -2.23. The predicted octanol–water partition coefficient (Wildman–Crippen LogP) is 4.50. The topological polar surface area (TPSA) is 29.9 Å². The van der Waals surface area contributed by atoms with Crippen LogP contribution >= 0.6 is 23.2 Å². The molecule has 0 spiro atoms. The van der Waals surface area contributed by atoms with Crippen LogP contribution < -0.4 is 5.32 Å². The van der Waals surface area contributed by atoms with Crippen LogP contribution in [-0.2, 0) is 0 Å². The number of halogens is 2. The van der Waals surface area contributed by atoms with Gasteiger partial charge in [-0.05, 0) is 37.1 Å². The molecule has 3 nitrogen and oxygen atoms in total. The summed E-state index contributed by atoms with van der Waals surface area (Å²) in [6.45, 7) is 4.16. The van der Waals surface area contributed by atoms with Gasteiger partial charge in [-0.2, -0.15) is 5.10 Å². The molecular weight excluding hydrogens is 281 g/mol. The summed E-state index contributed by atoms with van der Waals surface area (Å²) in [7, 11) is 0. The zero-order chi connectivity index (χ0) is 13.6. The Morgan fingerprint density at radius 3 is 2.68 bits per heavy atom. The Bertz CT molecular complexity index is 673. The van der Waals surface area contributed by atoms with Crippen molar-refractivity contribution >= 4 is 29.0 Å². The molecule has 1 aromatic heterocycles. The van der Waals surface area contributed by atoms with E-state index < -0.39 is 0 Å². The van der Waals surface area contributed by atoms with Crippen LogP contribution in [0.5, 0.6) is 0 Å². The van der Waals surface area contributed by atoms with Gasteiger partial charge in [0.05, 0.1) is 16.2 Å². The highest BCUT2D eigenvalue weighted by molar-refractivity contribution is 6.42. The second-order valence-corrected chi connectivity index (χ2v) is 5.48. The van der Waals surface area contributed by atoms with Gasteiger partial charge in [-0.25, -0.2) is 4.68 Å². The highest BCUT2D eigenvalue weighted by Crippen LogP contribution is 2.36. The average molecular weight is 294 g/mol. The molecule has 5 heteroatoms. The van der Waals surface area contributed by atoms with Crippen LogP contribution in [0.25, 0.3) is 0 Å². The van der Waals surface area contributed by atoms with Gasteiger partial charge in [0.2, 0.25) is 0 Å². The Kier molecular flexibility index (Phi) is 3.03.